The second kappa shape index (κ2) is 9.84. The van der Waals surface area contributed by atoms with Gasteiger partial charge in [-0.15, -0.1) is 4.83 Å². The van der Waals surface area contributed by atoms with Crippen LogP contribution in [-0.2, 0) is 29.4 Å². The number of nitrogens with zero attached hydrogens (tertiary/aromatic N) is 2. The minimum atomic E-state index is -3.96. The normalized spacial score (nSPS) is 13.6. The van der Waals surface area contributed by atoms with E-state index in [-0.39, 0.29) is 16.1 Å². The number of hydrogen-bond donors (Lipinski definition) is 2. The zero-order chi connectivity index (χ0) is 23.4. The number of benzene rings is 2. The lowest BCUT2D eigenvalue weighted by Crippen LogP contribution is -2.42. The van der Waals surface area contributed by atoms with Crippen molar-refractivity contribution < 1.29 is 13.2 Å². The third-order valence-electron chi connectivity index (χ3n) is 5.99. The van der Waals surface area contributed by atoms with E-state index in [1.807, 2.05) is 6.07 Å². The molecule has 4 rings (SSSR count). The van der Waals surface area contributed by atoms with Gasteiger partial charge in [-0.2, -0.15) is 5.10 Å². The van der Waals surface area contributed by atoms with Gasteiger partial charge in [0.2, 0.25) is 0 Å². The molecule has 9 heteroatoms. The quantitative estimate of drug-likeness (QED) is 0.390. The highest BCUT2D eigenvalue weighted by Crippen LogP contribution is 2.24. The van der Waals surface area contributed by atoms with E-state index in [0.717, 1.165) is 50.5 Å². The first kappa shape index (κ1) is 23.1. The van der Waals surface area contributed by atoms with Crippen molar-refractivity contribution >= 4 is 26.7 Å². The summed E-state index contributed by atoms with van der Waals surface area (Å²) in [7, 11) is -3.96. The molecule has 3 aromatic rings. The number of nitrogens with one attached hydrogen (secondary N) is 2. The van der Waals surface area contributed by atoms with E-state index in [4.69, 9.17) is 0 Å². The predicted octanol–water partition coefficient (Wildman–Crippen LogP) is 3.09. The van der Waals surface area contributed by atoms with Gasteiger partial charge in [0.1, 0.15) is 0 Å². The lowest BCUT2D eigenvalue weighted by Gasteiger charge is -2.17. The summed E-state index contributed by atoms with van der Waals surface area (Å²) in [5, 5.41) is 5.00. The van der Waals surface area contributed by atoms with Crippen LogP contribution < -0.4 is 15.8 Å². The first-order valence-corrected chi connectivity index (χ1v) is 12.8. The average molecular weight is 469 g/mol. The molecule has 1 amide bonds. The van der Waals surface area contributed by atoms with Crippen LogP contribution in [0.4, 0.5) is 0 Å². The van der Waals surface area contributed by atoms with Crippen molar-refractivity contribution in [3.05, 3.63) is 69.6 Å². The molecule has 174 valence electrons. The standard InChI is InChI=1S/C24H28N4O4S/c1-2-3-8-15-28-24(30)21-12-7-6-11-20(21)22(26-28)23(29)25-27-33(31,32)19-14-13-17-9-4-5-10-18(17)16-19/h6-7,11-14,16,27H,2-5,8-10,15H2,1H3,(H,25,29). The van der Waals surface area contributed by atoms with Crippen LogP contribution >= 0.6 is 0 Å². The monoisotopic (exact) mass is 468 g/mol. The third kappa shape index (κ3) is 4.99. The SMILES string of the molecule is CCCCCn1nc(C(=O)NNS(=O)(=O)c2ccc3c(c2)CCCC3)c2ccccc2c1=O. The first-order valence-electron chi connectivity index (χ1n) is 11.3. The first-order chi connectivity index (χ1) is 15.9. The van der Waals surface area contributed by atoms with Gasteiger partial charge in [0.25, 0.3) is 21.5 Å². The minimum Gasteiger partial charge on any atom is -0.272 e. The maximum absolute atomic E-state index is 12.9. The molecular weight excluding hydrogens is 440 g/mol. The Labute approximate surface area is 193 Å². The number of amides is 1. The highest BCUT2D eigenvalue weighted by molar-refractivity contribution is 7.89. The maximum Gasteiger partial charge on any atom is 0.287 e. The zero-order valence-electron chi connectivity index (χ0n) is 18.6. The summed E-state index contributed by atoms with van der Waals surface area (Å²) < 4.78 is 26.9. The maximum atomic E-state index is 12.9. The van der Waals surface area contributed by atoms with Crippen molar-refractivity contribution in [3.63, 3.8) is 0 Å². The van der Waals surface area contributed by atoms with Crippen LogP contribution in [0, 0.1) is 0 Å². The molecule has 8 nitrogen and oxygen atoms in total. The molecule has 0 aliphatic heterocycles. The van der Waals surface area contributed by atoms with Crippen LogP contribution in [0.15, 0.2) is 52.2 Å². The zero-order valence-corrected chi connectivity index (χ0v) is 19.5. The molecule has 0 atom stereocenters. The molecular formula is C24H28N4O4S. The number of aryl methyl sites for hydroxylation is 3. The number of sulfonamides is 1. The summed E-state index contributed by atoms with van der Waals surface area (Å²) in [6, 6.07) is 11.8. The Hall–Kier alpha value is -3.04. The Morgan fingerprint density at radius 2 is 1.76 bits per heavy atom. The molecule has 0 radical (unpaired) electrons. The van der Waals surface area contributed by atoms with E-state index in [1.165, 1.54) is 10.2 Å². The summed E-state index contributed by atoms with van der Waals surface area (Å²) in [5.41, 5.74) is 4.20. The highest BCUT2D eigenvalue weighted by Gasteiger charge is 2.21. The van der Waals surface area contributed by atoms with Crippen LogP contribution in [0.5, 0.6) is 0 Å². The molecule has 1 aliphatic carbocycles. The van der Waals surface area contributed by atoms with Crippen LogP contribution in [0.1, 0.15) is 60.6 Å². The number of rotatable bonds is 8. The van der Waals surface area contributed by atoms with Crippen LogP contribution in [-0.4, -0.2) is 24.1 Å². The largest absolute Gasteiger partial charge is 0.287 e. The molecule has 0 bridgehead atoms. The summed E-state index contributed by atoms with van der Waals surface area (Å²) in [5.74, 6) is -0.725. The van der Waals surface area contributed by atoms with Crippen LogP contribution in [0.3, 0.4) is 0 Å². The number of carbonyl (C=O) groups is 1. The fourth-order valence-corrected chi connectivity index (χ4v) is 5.06. The topological polar surface area (TPSA) is 110 Å². The second-order valence-corrected chi connectivity index (χ2v) is 10.0. The molecule has 33 heavy (non-hydrogen) atoms. The Balaban J connectivity index is 1.58. The Morgan fingerprint density at radius 3 is 2.52 bits per heavy atom. The van der Waals surface area contributed by atoms with Gasteiger partial charge in [0.15, 0.2) is 5.69 Å². The van der Waals surface area contributed by atoms with E-state index in [1.54, 1.807) is 36.4 Å². The van der Waals surface area contributed by atoms with Gasteiger partial charge < -0.3 is 0 Å². The Bertz CT molecular complexity index is 1350. The number of aromatic nitrogens is 2. The van der Waals surface area contributed by atoms with Gasteiger partial charge in [-0.25, -0.2) is 13.1 Å². The molecule has 0 spiro atoms. The molecule has 0 unspecified atom stereocenters. The molecule has 0 saturated heterocycles. The Kier molecular flexibility index (Phi) is 6.90. The number of unbranched alkanes of at least 4 members (excludes halogenated alkanes) is 2. The summed E-state index contributed by atoms with van der Waals surface area (Å²) in [6.07, 6.45) is 6.62. The van der Waals surface area contributed by atoms with E-state index in [0.29, 0.717) is 17.3 Å². The van der Waals surface area contributed by atoms with Crippen molar-refractivity contribution in [1.29, 1.82) is 0 Å². The summed E-state index contributed by atoms with van der Waals surface area (Å²) >= 11 is 0. The van der Waals surface area contributed by atoms with Gasteiger partial charge in [0, 0.05) is 11.9 Å². The van der Waals surface area contributed by atoms with Gasteiger partial charge in [-0.3, -0.25) is 15.0 Å². The fraction of sp³-hybridized carbons (Fsp3) is 0.375. The lowest BCUT2D eigenvalue weighted by molar-refractivity contribution is 0.0939. The lowest BCUT2D eigenvalue weighted by atomic mass is 9.92. The van der Waals surface area contributed by atoms with Crippen molar-refractivity contribution in [2.75, 3.05) is 0 Å². The highest BCUT2D eigenvalue weighted by atomic mass is 32.2. The van der Waals surface area contributed by atoms with Crippen LogP contribution in [0.2, 0.25) is 0 Å². The van der Waals surface area contributed by atoms with Gasteiger partial charge in [0.05, 0.1) is 10.3 Å². The van der Waals surface area contributed by atoms with Crippen LogP contribution in [0.25, 0.3) is 10.8 Å². The molecule has 1 aromatic heterocycles. The molecule has 1 aliphatic rings. The molecule has 0 saturated carbocycles. The van der Waals surface area contributed by atoms with Crippen molar-refractivity contribution in [1.82, 2.24) is 20.0 Å². The second-order valence-electron chi connectivity index (χ2n) is 8.33. The molecule has 2 aromatic carbocycles. The Morgan fingerprint density at radius 1 is 1.03 bits per heavy atom. The van der Waals surface area contributed by atoms with Gasteiger partial charge in [-0.1, -0.05) is 44.0 Å². The van der Waals surface area contributed by atoms with Crippen molar-refractivity contribution in [2.45, 2.75) is 63.3 Å². The summed E-state index contributed by atoms with van der Waals surface area (Å²) in [4.78, 5) is 28.0. The van der Waals surface area contributed by atoms with Crippen molar-refractivity contribution in [2.24, 2.45) is 0 Å². The third-order valence-corrected chi connectivity index (χ3v) is 7.23. The number of fused-ring (bicyclic) bond motifs is 2. The predicted molar refractivity (Wildman–Crippen MR) is 126 cm³/mol. The van der Waals surface area contributed by atoms with E-state index >= 15 is 0 Å². The molecule has 1 heterocycles. The van der Waals surface area contributed by atoms with Crippen molar-refractivity contribution in [3.8, 4) is 0 Å². The van der Waals surface area contributed by atoms with Gasteiger partial charge in [-0.05, 0) is 61.4 Å². The van der Waals surface area contributed by atoms with E-state index in [2.05, 4.69) is 22.3 Å². The number of carbonyl (C=O) groups excluding carboxylic acids is 1. The smallest absolute Gasteiger partial charge is 0.272 e. The molecule has 0 fully saturated rings. The number of hydrazine groups is 1. The fourth-order valence-electron chi connectivity index (χ4n) is 4.17. The van der Waals surface area contributed by atoms with E-state index < -0.39 is 15.9 Å². The molecule has 2 N–H and O–H groups in total. The number of hydrogen-bond acceptors (Lipinski definition) is 5. The average Bonchev–Trinajstić information content (AvgIpc) is 2.84. The van der Waals surface area contributed by atoms with E-state index in [9.17, 15) is 18.0 Å². The minimum absolute atomic E-state index is 0.00478. The summed E-state index contributed by atoms with van der Waals surface area (Å²) in [6.45, 7) is 2.45. The van der Waals surface area contributed by atoms with Gasteiger partial charge >= 0.3 is 0 Å².